The Labute approximate surface area is 123 Å². The van der Waals surface area contributed by atoms with Gasteiger partial charge in [-0.1, -0.05) is 6.92 Å². The van der Waals surface area contributed by atoms with E-state index in [4.69, 9.17) is 0 Å². The van der Waals surface area contributed by atoms with Gasteiger partial charge in [0.25, 0.3) is 0 Å². The minimum atomic E-state index is -4.32. The van der Waals surface area contributed by atoms with Gasteiger partial charge in [-0.15, -0.1) is 0 Å². The molecule has 1 N–H and O–H groups in total. The number of ether oxygens (including phenoxy) is 1. The molecule has 7 heteroatoms. The minimum absolute atomic E-state index is 0.223. The van der Waals surface area contributed by atoms with Crippen LogP contribution in [0.1, 0.15) is 36.1 Å². The summed E-state index contributed by atoms with van der Waals surface area (Å²) in [5.74, 6) is 0.296. The normalized spacial score (nSPS) is 11.9. The van der Waals surface area contributed by atoms with Crippen LogP contribution in [-0.2, 0) is 17.8 Å². The number of hydrogen-bond donors (Lipinski definition) is 1. The highest BCUT2D eigenvalue weighted by Gasteiger charge is 2.27. The number of halogens is 3. The largest absolute Gasteiger partial charge is 0.411 e. The molecule has 0 aromatic carbocycles. The van der Waals surface area contributed by atoms with Crippen LogP contribution >= 0.6 is 0 Å². The molecule has 0 aliphatic rings. The Hall–Kier alpha value is -1.21. The lowest BCUT2D eigenvalue weighted by Crippen LogP contribution is -2.18. The molecular formula is C14H22F3N3O. The van der Waals surface area contributed by atoms with Crippen LogP contribution in [0.25, 0.3) is 0 Å². The second-order valence-corrected chi connectivity index (χ2v) is 4.85. The fourth-order valence-electron chi connectivity index (χ4n) is 2.06. The Kier molecular flexibility index (Phi) is 7.04. The molecule has 0 radical (unpaired) electrons. The van der Waals surface area contributed by atoms with Crippen molar-refractivity contribution in [2.24, 2.45) is 0 Å². The van der Waals surface area contributed by atoms with Crippen molar-refractivity contribution in [3.05, 3.63) is 22.8 Å². The van der Waals surface area contributed by atoms with Gasteiger partial charge in [0, 0.05) is 11.4 Å². The number of nitrogens with one attached hydrogen (secondary N) is 1. The van der Waals surface area contributed by atoms with Crippen molar-refractivity contribution < 1.29 is 17.9 Å². The molecule has 0 aliphatic carbocycles. The number of hydrogen-bond acceptors (Lipinski definition) is 4. The number of rotatable bonds is 8. The molecule has 0 saturated carbocycles. The lowest BCUT2D eigenvalue weighted by Gasteiger charge is -2.12. The molecule has 0 saturated heterocycles. The molecule has 0 atom stereocenters. The van der Waals surface area contributed by atoms with Gasteiger partial charge >= 0.3 is 6.18 Å². The van der Waals surface area contributed by atoms with Crippen molar-refractivity contribution in [2.45, 2.75) is 46.4 Å². The SMILES string of the molecule is CCNCCCc1c(C)nc(COCC(F)(F)F)nc1C. The first-order valence-corrected chi connectivity index (χ1v) is 7.01. The molecule has 1 rings (SSSR count). The van der Waals surface area contributed by atoms with Gasteiger partial charge in [0.15, 0.2) is 5.82 Å². The van der Waals surface area contributed by atoms with E-state index in [1.54, 1.807) is 0 Å². The quantitative estimate of drug-likeness (QED) is 0.750. The number of alkyl halides is 3. The highest BCUT2D eigenvalue weighted by atomic mass is 19.4. The lowest BCUT2D eigenvalue weighted by molar-refractivity contribution is -0.177. The van der Waals surface area contributed by atoms with E-state index in [0.29, 0.717) is 5.82 Å². The summed E-state index contributed by atoms with van der Waals surface area (Å²) in [5.41, 5.74) is 2.68. The van der Waals surface area contributed by atoms with E-state index in [1.165, 1.54) is 0 Å². The summed E-state index contributed by atoms with van der Waals surface area (Å²) in [6.07, 6.45) is -2.49. The minimum Gasteiger partial charge on any atom is -0.364 e. The zero-order valence-electron chi connectivity index (χ0n) is 12.7. The van der Waals surface area contributed by atoms with Crippen molar-refractivity contribution >= 4 is 0 Å². The molecule has 4 nitrogen and oxygen atoms in total. The first kappa shape index (κ1) is 17.8. The number of nitrogens with zero attached hydrogens (tertiary/aromatic N) is 2. The van der Waals surface area contributed by atoms with E-state index in [9.17, 15) is 13.2 Å². The summed E-state index contributed by atoms with van der Waals surface area (Å²) in [7, 11) is 0. The van der Waals surface area contributed by atoms with Gasteiger partial charge in [-0.3, -0.25) is 0 Å². The molecule has 120 valence electrons. The first-order valence-electron chi connectivity index (χ1n) is 7.01. The standard InChI is InChI=1S/C14H22F3N3O/c1-4-18-7-5-6-12-10(2)19-13(20-11(12)3)8-21-9-14(15,16)17/h18H,4-9H2,1-3H3. The molecule has 1 heterocycles. The van der Waals surface area contributed by atoms with Crippen molar-refractivity contribution in [1.29, 1.82) is 0 Å². The molecule has 0 fully saturated rings. The van der Waals surface area contributed by atoms with Gasteiger partial charge in [-0.2, -0.15) is 13.2 Å². The fraction of sp³-hybridized carbons (Fsp3) is 0.714. The zero-order chi connectivity index (χ0) is 15.9. The molecule has 0 bridgehead atoms. The van der Waals surface area contributed by atoms with Crippen LogP contribution in [-0.4, -0.2) is 35.8 Å². The second kappa shape index (κ2) is 8.29. The second-order valence-electron chi connectivity index (χ2n) is 4.85. The number of aromatic nitrogens is 2. The first-order chi connectivity index (χ1) is 9.83. The molecule has 21 heavy (non-hydrogen) atoms. The summed E-state index contributed by atoms with van der Waals surface area (Å²) in [5, 5.41) is 3.24. The van der Waals surface area contributed by atoms with Crippen LogP contribution in [0.4, 0.5) is 13.2 Å². The van der Waals surface area contributed by atoms with Gasteiger partial charge in [-0.05, 0) is 45.3 Å². The van der Waals surface area contributed by atoms with Crippen LogP contribution < -0.4 is 5.32 Å². The third kappa shape index (κ3) is 6.86. The molecule has 1 aromatic rings. The summed E-state index contributed by atoms with van der Waals surface area (Å²) >= 11 is 0. The van der Waals surface area contributed by atoms with Gasteiger partial charge in [0.1, 0.15) is 13.2 Å². The topological polar surface area (TPSA) is 47.0 Å². The van der Waals surface area contributed by atoms with Crippen molar-refractivity contribution in [2.75, 3.05) is 19.7 Å². The third-order valence-electron chi connectivity index (χ3n) is 2.99. The van der Waals surface area contributed by atoms with Gasteiger partial charge in [0.2, 0.25) is 0 Å². The Bertz CT molecular complexity index is 427. The molecular weight excluding hydrogens is 283 g/mol. The van der Waals surface area contributed by atoms with Gasteiger partial charge in [0.05, 0.1) is 0 Å². The fourth-order valence-corrected chi connectivity index (χ4v) is 2.06. The van der Waals surface area contributed by atoms with Gasteiger partial charge < -0.3 is 10.1 Å². The highest BCUT2D eigenvalue weighted by Crippen LogP contribution is 2.16. The molecule has 0 amide bonds. The smallest absolute Gasteiger partial charge is 0.364 e. The van der Waals surface area contributed by atoms with E-state index < -0.39 is 12.8 Å². The molecule has 0 aliphatic heterocycles. The Morgan fingerprint density at radius 3 is 2.29 bits per heavy atom. The molecule has 0 spiro atoms. The maximum absolute atomic E-state index is 12.0. The van der Waals surface area contributed by atoms with E-state index in [1.807, 2.05) is 13.8 Å². The summed E-state index contributed by atoms with van der Waals surface area (Å²) < 4.78 is 40.6. The summed E-state index contributed by atoms with van der Waals surface area (Å²) in [6.45, 7) is 6.11. The Balaban J connectivity index is 2.58. The maximum atomic E-state index is 12.0. The van der Waals surface area contributed by atoms with Crippen LogP contribution in [0.3, 0.4) is 0 Å². The van der Waals surface area contributed by atoms with Crippen LogP contribution in [0, 0.1) is 13.8 Å². The van der Waals surface area contributed by atoms with E-state index in [-0.39, 0.29) is 6.61 Å². The molecule has 0 unspecified atom stereocenters. The van der Waals surface area contributed by atoms with E-state index in [0.717, 1.165) is 42.9 Å². The predicted molar refractivity (Wildman–Crippen MR) is 74.1 cm³/mol. The van der Waals surface area contributed by atoms with Crippen molar-refractivity contribution in [1.82, 2.24) is 15.3 Å². The van der Waals surface area contributed by atoms with Crippen molar-refractivity contribution in [3.8, 4) is 0 Å². The van der Waals surface area contributed by atoms with E-state index >= 15 is 0 Å². The third-order valence-corrected chi connectivity index (χ3v) is 2.99. The summed E-state index contributed by atoms with van der Waals surface area (Å²) in [6, 6.07) is 0. The lowest BCUT2D eigenvalue weighted by atomic mass is 10.1. The predicted octanol–water partition coefficient (Wildman–Crippen LogP) is 2.71. The maximum Gasteiger partial charge on any atom is 0.411 e. The van der Waals surface area contributed by atoms with Crippen LogP contribution in [0.15, 0.2) is 0 Å². The monoisotopic (exact) mass is 305 g/mol. The summed E-state index contributed by atoms with van der Waals surface area (Å²) in [4.78, 5) is 8.46. The Morgan fingerprint density at radius 2 is 1.76 bits per heavy atom. The van der Waals surface area contributed by atoms with Crippen molar-refractivity contribution in [3.63, 3.8) is 0 Å². The van der Waals surface area contributed by atoms with Gasteiger partial charge in [-0.25, -0.2) is 9.97 Å². The van der Waals surface area contributed by atoms with Crippen LogP contribution in [0.5, 0.6) is 0 Å². The zero-order valence-corrected chi connectivity index (χ0v) is 12.7. The average Bonchev–Trinajstić information content (AvgIpc) is 2.35. The Morgan fingerprint density at radius 1 is 1.14 bits per heavy atom. The van der Waals surface area contributed by atoms with E-state index in [2.05, 4.69) is 26.9 Å². The highest BCUT2D eigenvalue weighted by molar-refractivity contribution is 5.24. The molecule has 1 aromatic heterocycles. The average molecular weight is 305 g/mol. The van der Waals surface area contributed by atoms with Crippen LogP contribution in [0.2, 0.25) is 0 Å². The number of aryl methyl sites for hydroxylation is 2.